The minimum atomic E-state index is -0.0732. The van der Waals surface area contributed by atoms with Gasteiger partial charge in [-0.2, -0.15) is 5.26 Å². The molecule has 0 atom stereocenters. The van der Waals surface area contributed by atoms with Gasteiger partial charge in [-0.3, -0.25) is 9.59 Å². The molecule has 5 nitrogen and oxygen atoms in total. The molecule has 1 aromatic carbocycles. The van der Waals surface area contributed by atoms with Crippen LogP contribution in [0.15, 0.2) is 24.3 Å². The summed E-state index contributed by atoms with van der Waals surface area (Å²) >= 11 is 0. The van der Waals surface area contributed by atoms with Gasteiger partial charge in [0, 0.05) is 31.1 Å². The molecular weight excluding hydrogens is 290 g/mol. The maximum Gasteiger partial charge on any atom is 0.227 e. The summed E-state index contributed by atoms with van der Waals surface area (Å²) in [5.74, 6) is 0.101. The standard InChI is InChI=1S/C18H23N3O2/c1-2-3-7-17(22)21-10-8-15(9-11-21)18(23)20-16-6-4-5-14(12-16)13-19/h4-6,12,15H,2-3,7-11H2,1H3,(H,20,23). The van der Waals surface area contributed by atoms with Gasteiger partial charge in [0.25, 0.3) is 0 Å². The Bertz CT molecular complexity index is 599. The van der Waals surface area contributed by atoms with Gasteiger partial charge in [0.2, 0.25) is 11.8 Å². The predicted molar refractivity (Wildman–Crippen MR) is 88.6 cm³/mol. The molecule has 122 valence electrons. The molecule has 0 unspecified atom stereocenters. The molecule has 23 heavy (non-hydrogen) atoms. The van der Waals surface area contributed by atoms with Gasteiger partial charge in [0.05, 0.1) is 11.6 Å². The zero-order chi connectivity index (χ0) is 16.7. The van der Waals surface area contributed by atoms with Gasteiger partial charge in [-0.1, -0.05) is 19.4 Å². The number of nitrogens with one attached hydrogen (secondary N) is 1. The first-order valence-corrected chi connectivity index (χ1v) is 8.23. The molecule has 0 aliphatic carbocycles. The van der Waals surface area contributed by atoms with E-state index in [1.54, 1.807) is 24.3 Å². The third kappa shape index (κ3) is 4.82. The lowest BCUT2D eigenvalue weighted by Gasteiger charge is -2.31. The highest BCUT2D eigenvalue weighted by molar-refractivity contribution is 5.92. The SMILES string of the molecule is CCCCC(=O)N1CCC(C(=O)Nc2cccc(C#N)c2)CC1. The Hall–Kier alpha value is -2.35. The summed E-state index contributed by atoms with van der Waals surface area (Å²) in [6, 6.07) is 8.97. The molecule has 5 heteroatoms. The summed E-state index contributed by atoms with van der Waals surface area (Å²) < 4.78 is 0. The average Bonchev–Trinajstić information content (AvgIpc) is 2.60. The van der Waals surface area contributed by atoms with E-state index in [1.807, 2.05) is 4.90 Å². The van der Waals surface area contributed by atoms with Gasteiger partial charge in [-0.05, 0) is 37.5 Å². The van der Waals surface area contributed by atoms with Gasteiger partial charge in [0.1, 0.15) is 0 Å². The van der Waals surface area contributed by atoms with Crippen LogP contribution in [0.1, 0.15) is 44.6 Å². The van der Waals surface area contributed by atoms with E-state index < -0.39 is 0 Å². The van der Waals surface area contributed by atoms with Crippen LogP contribution in [0.25, 0.3) is 0 Å². The van der Waals surface area contributed by atoms with Crippen molar-refractivity contribution in [1.82, 2.24) is 4.90 Å². The molecule has 1 aromatic rings. The molecule has 0 aromatic heterocycles. The highest BCUT2D eigenvalue weighted by Crippen LogP contribution is 2.20. The first-order chi connectivity index (χ1) is 11.1. The van der Waals surface area contributed by atoms with Crippen LogP contribution >= 0.6 is 0 Å². The van der Waals surface area contributed by atoms with Crippen molar-refractivity contribution < 1.29 is 9.59 Å². The Kier molecular flexibility index (Phi) is 6.16. The van der Waals surface area contributed by atoms with E-state index in [0.717, 1.165) is 12.8 Å². The minimum Gasteiger partial charge on any atom is -0.343 e. The lowest BCUT2D eigenvalue weighted by molar-refractivity contribution is -0.134. The number of anilines is 1. The number of likely N-dealkylation sites (tertiary alicyclic amines) is 1. The number of nitriles is 1. The number of benzene rings is 1. The third-order valence-corrected chi connectivity index (χ3v) is 4.22. The fraction of sp³-hybridized carbons (Fsp3) is 0.500. The zero-order valence-electron chi connectivity index (χ0n) is 13.5. The molecule has 1 fully saturated rings. The maximum atomic E-state index is 12.3. The van der Waals surface area contributed by atoms with Crippen LogP contribution in [-0.2, 0) is 9.59 Å². The van der Waals surface area contributed by atoms with Crippen molar-refractivity contribution >= 4 is 17.5 Å². The van der Waals surface area contributed by atoms with Crippen molar-refractivity contribution in [3.8, 4) is 6.07 Å². The fourth-order valence-corrected chi connectivity index (χ4v) is 2.79. The second kappa shape index (κ2) is 8.33. The normalized spacial score (nSPS) is 15.0. The number of carbonyl (C=O) groups is 2. The highest BCUT2D eigenvalue weighted by Gasteiger charge is 2.27. The van der Waals surface area contributed by atoms with Crippen LogP contribution < -0.4 is 5.32 Å². The fourth-order valence-electron chi connectivity index (χ4n) is 2.79. The van der Waals surface area contributed by atoms with Crippen molar-refractivity contribution in [1.29, 1.82) is 5.26 Å². The molecule has 1 aliphatic heterocycles. The highest BCUT2D eigenvalue weighted by atomic mass is 16.2. The second-order valence-electron chi connectivity index (χ2n) is 5.94. The number of rotatable bonds is 5. The monoisotopic (exact) mass is 313 g/mol. The Labute approximate surface area is 137 Å². The zero-order valence-corrected chi connectivity index (χ0v) is 13.5. The van der Waals surface area contributed by atoms with Crippen LogP contribution in [0, 0.1) is 17.2 Å². The summed E-state index contributed by atoms with van der Waals surface area (Å²) in [6.07, 6.45) is 3.94. The Morgan fingerprint density at radius 3 is 2.74 bits per heavy atom. The summed E-state index contributed by atoms with van der Waals surface area (Å²) in [4.78, 5) is 26.2. The van der Waals surface area contributed by atoms with Crippen molar-refractivity contribution in [2.45, 2.75) is 39.0 Å². The van der Waals surface area contributed by atoms with E-state index >= 15 is 0 Å². The lowest BCUT2D eigenvalue weighted by Crippen LogP contribution is -2.41. The quantitative estimate of drug-likeness (QED) is 0.908. The van der Waals surface area contributed by atoms with Crippen LogP contribution in [0.3, 0.4) is 0 Å². The number of nitrogens with zero attached hydrogens (tertiary/aromatic N) is 2. The molecule has 0 bridgehead atoms. The Morgan fingerprint density at radius 2 is 2.09 bits per heavy atom. The Balaban J connectivity index is 1.84. The van der Waals surface area contributed by atoms with Crippen LogP contribution in [0.2, 0.25) is 0 Å². The third-order valence-electron chi connectivity index (χ3n) is 4.22. The van der Waals surface area contributed by atoms with Crippen molar-refractivity contribution in [2.24, 2.45) is 5.92 Å². The average molecular weight is 313 g/mol. The molecule has 2 amide bonds. The minimum absolute atomic E-state index is 0.0271. The summed E-state index contributed by atoms with van der Waals surface area (Å²) in [5, 5.41) is 11.8. The molecule has 0 spiro atoms. The largest absolute Gasteiger partial charge is 0.343 e. The van der Waals surface area contributed by atoms with Crippen molar-refractivity contribution in [3.63, 3.8) is 0 Å². The topological polar surface area (TPSA) is 73.2 Å². The van der Waals surface area contributed by atoms with Gasteiger partial charge in [-0.15, -0.1) is 0 Å². The van der Waals surface area contributed by atoms with E-state index in [2.05, 4.69) is 18.3 Å². The second-order valence-corrected chi connectivity index (χ2v) is 5.94. The van der Waals surface area contributed by atoms with E-state index in [4.69, 9.17) is 5.26 Å². The van der Waals surface area contributed by atoms with Gasteiger partial charge in [-0.25, -0.2) is 0 Å². The molecule has 0 saturated carbocycles. The van der Waals surface area contributed by atoms with E-state index in [1.165, 1.54) is 0 Å². The van der Waals surface area contributed by atoms with Crippen LogP contribution in [0.5, 0.6) is 0 Å². The van der Waals surface area contributed by atoms with E-state index in [0.29, 0.717) is 43.6 Å². The summed E-state index contributed by atoms with van der Waals surface area (Å²) in [7, 11) is 0. The number of amides is 2. The smallest absolute Gasteiger partial charge is 0.227 e. The lowest BCUT2D eigenvalue weighted by atomic mass is 9.95. The maximum absolute atomic E-state index is 12.3. The molecular formula is C18H23N3O2. The first kappa shape index (κ1) is 17.0. The first-order valence-electron chi connectivity index (χ1n) is 8.23. The van der Waals surface area contributed by atoms with Crippen molar-refractivity contribution in [2.75, 3.05) is 18.4 Å². The summed E-state index contributed by atoms with van der Waals surface area (Å²) in [6.45, 7) is 3.38. The van der Waals surface area contributed by atoms with E-state index in [9.17, 15) is 9.59 Å². The molecule has 1 saturated heterocycles. The van der Waals surface area contributed by atoms with Gasteiger partial charge < -0.3 is 10.2 Å². The number of carbonyl (C=O) groups excluding carboxylic acids is 2. The summed E-state index contributed by atoms with van der Waals surface area (Å²) in [5.41, 5.74) is 1.18. The number of hydrogen-bond acceptors (Lipinski definition) is 3. The molecule has 1 aliphatic rings. The Morgan fingerprint density at radius 1 is 1.35 bits per heavy atom. The van der Waals surface area contributed by atoms with Crippen LogP contribution in [-0.4, -0.2) is 29.8 Å². The van der Waals surface area contributed by atoms with Gasteiger partial charge in [0.15, 0.2) is 0 Å². The number of piperidine rings is 1. The van der Waals surface area contributed by atoms with Gasteiger partial charge >= 0.3 is 0 Å². The number of hydrogen-bond donors (Lipinski definition) is 1. The molecule has 0 radical (unpaired) electrons. The number of unbranched alkanes of at least 4 members (excludes halogenated alkanes) is 1. The molecule has 1 heterocycles. The van der Waals surface area contributed by atoms with E-state index in [-0.39, 0.29) is 17.7 Å². The predicted octanol–water partition coefficient (Wildman–Crippen LogP) is 2.93. The van der Waals surface area contributed by atoms with Crippen molar-refractivity contribution in [3.05, 3.63) is 29.8 Å². The molecule has 2 rings (SSSR count). The van der Waals surface area contributed by atoms with Crippen LogP contribution in [0.4, 0.5) is 5.69 Å². The molecule has 1 N–H and O–H groups in total.